The number of rotatable bonds is 3. The summed E-state index contributed by atoms with van der Waals surface area (Å²) in [5, 5.41) is 3.47. The van der Waals surface area contributed by atoms with Crippen LogP contribution in [0.5, 0.6) is 5.75 Å². The summed E-state index contributed by atoms with van der Waals surface area (Å²) in [4.78, 5) is 14.4. The zero-order valence-corrected chi connectivity index (χ0v) is 14.8. The molecule has 1 amide bonds. The molecule has 4 nitrogen and oxygen atoms in total. The van der Waals surface area contributed by atoms with E-state index in [9.17, 15) is 4.79 Å². The third kappa shape index (κ3) is 4.39. The number of amides is 1. The van der Waals surface area contributed by atoms with Gasteiger partial charge in [-0.2, -0.15) is 0 Å². The Morgan fingerprint density at radius 1 is 1.22 bits per heavy atom. The molecule has 0 radical (unpaired) electrons. The molecule has 2 atom stereocenters. The highest BCUT2D eigenvalue weighted by atomic mass is 35.5. The van der Waals surface area contributed by atoms with Crippen LogP contribution in [0.3, 0.4) is 0 Å². The average molecular weight is 339 g/mol. The summed E-state index contributed by atoms with van der Waals surface area (Å²) in [6.45, 7) is 8.21. The van der Waals surface area contributed by atoms with Crippen molar-refractivity contribution < 1.29 is 9.53 Å². The molecule has 1 aromatic carbocycles. The van der Waals surface area contributed by atoms with Crippen LogP contribution in [-0.2, 0) is 4.79 Å². The second-order valence-corrected chi connectivity index (χ2v) is 6.69. The van der Waals surface area contributed by atoms with Gasteiger partial charge in [0.15, 0.2) is 6.61 Å². The highest BCUT2D eigenvalue weighted by molar-refractivity contribution is 5.85. The number of likely N-dealkylation sites (tertiary alicyclic amines) is 1. The molecular formula is C18H27ClN2O2. The van der Waals surface area contributed by atoms with E-state index < -0.39 is 0 Å². The number of carbonyl (C=O) groups excluding carboxylic acids is 1. The number of fused-ring (bicyclic) bond motifs is 1. The number of hydrogen-bond acceptors (Lipinski definition) is 3. The fraction of sp³-hybridized carbons (Fsp3) is 0.611. The summed E-state index contributed by atoms with van der Waals surface area (Å²) >= 11 is 0. The van der Waals surface area contributed by atoms with Crippen LogP contribution in [0.4, 0.5) is 0 Å². The Balaban J connectivity index is 0.00000192. The van der Waals surface area contributed by atoms with E-state index in [4.69, 9.17) is 4.74 Å². The molecule has 2 fully saturated rings. The van der Waals surface area contributed by atoms with Gasteiger partial charge in [0.05, 0.1) is 0 Å². The van der Waals surface area contributed by atoms with Crippen molar-refractivity contribution in [2.75, 3.05) is 32.8 Å². The summed E-state index contributed by atoms with van der Waals surface area (Å²) in [7, 11) is 0. The van der Waals surface area contributed by atoms with Crippen molar-refractivity contribution in [2.45, 2.75) is 26.7 Å². The molecular weight excluding hydrogens is 312 g/mol. The Kier molecular flexibility index (Phi) is 6.31. The second kappa shape index (κ2) is 8.02. The largest absolute Gasteiger partial charge is 0.484 e. The zero-order valence-electron chi connectivity index (χ0n) is 14.0. The number of aryl methyl sites for hydroxylation is 2. The fourth-order valence-electron chi connectivity index (χ4n) is 3.66. The maximum Gasteiger partial charge on any atom is 0.260 e. The first-order chi connectivity index (χ1) is 10.6. The SMILES string of the molecule is Cc1ccc(OCC(=O)N2CC[C@@H]3CNC[C@@H]3CC2)c(C)c1.Cl. The van der Waals surface area contributed by atoms with Gasteiger partial charge in [-0.3, -0.25) is 4.79 Å². The van der Waals surface area contributed by atoms with Crippen LogP contribution in [0, 0.1) is 25.7 Å². The summed E-state index contributed by atoms with van der Waals surface area (Å²) in [5.74, 6) is 2.43. The van der Waals surface area contributed by atoms with Gasteiger partial charge in [-0.25, -0.2) is 0 Å². The van der Waals surface area contributed by atoms with Crippen LogP contribution < -0.4 is 10.1 Å². The number of hydrogen-bond donors (Lipinski definition) is 1. The number of nitrogens with one attached hydrogen (secondary N) is 1. The van der Waals surface area contributed by atoms with Gasteiger partial charge in [-0.15, -0.1) is 12.4 Å². The fourth-order valence-corrected chi connectivity index (χ4v) is 3.66. The molecule has 2 heterocycles. The molecule has 1 aromatic rings. The number of carbonyl (C=O) groups is 1. The number of benzene rings is 1. The minimum absolute atomic E-state index is 0. The standard InChI is InChI=1S/C18H26N2O2.ClH/c1-13-3-4-17(14(2)9-13)22-12-18(21)20-7-5-15-10-19-11-16(15)6-8-20;/h3-4,9,15-16,19H,5-8,10-12H2,1-2H3;1H/t15-,16+;. The molecule has 0 aliphatic carbocycles. The van der Waals surface area contributed by atoms with Gasteiger partial charge in [-0.05, 0) is 63.2 Å². The van der Waals surface area contributed by atoms with Crippen LogP contribution in [0.15, 0.2) is 18.2 Å². The molecule has 1 N–H and O–H groups in total. The third-order valence-electron chi connectivity index (χ3n) is 5.05. The van der Waals surface area contributed by atoms with Crippen molar-refractivity contribution in [2.24, 2.45) is 11.8 Å². The maximum atomic E-state index is 12.4. The molecule has 0 unspecified atom stereocenters. The van der Waals surface area contributed by atoms with E-state index in [-0.39, 0.29) is 24.9 Å². The first-order valence-electron chi connectivity index (χ1n) is 8.32. The average Bonchev–Trinajstić information content (AvgIpc) is 2.85. The lowest BCUT2D eigenvalue weighted by molar-refractivity contribution is -0.133. The van der Waals surface area contributed by atoms with Crippen molar-refractivity contribution in [3.8, 4) is 5.75 Å². The number of halogens is 1. The van der Waals surface area contributed by atoms with Gasteiger partial charge >= 0.3 is 0 Å². The highest BCUT2D eigenvalue weighted by Crippen LogP contribution is 2.27. The van der Waals surface area contributed by atoms with E-state index in [1.807, 2.05) is 24.0 Å². The summed E-state index contributed by atoms with van der Waals surface area (Å²) < 4.78 is 5.74. The smallest absolute Gasteiger partial charge is 0.260 e. The second-order valence-electron chi connectivity index (χ2n) is 6.69. The first-order valence-corrected chi connectivity index (χ1v) is 8.32. The van der Waals surface area contributed by atoms with Gasteiger partial charge in [-0.1, -0.05) is 17.7 Å². The van der Waals surface area contributed by atoms with Crippen molar-refractivity contribution in [3.05, 3.63) is 29.3 Å². The summed E-state index contributed by atoms with van der Waals surface area (Å²) in [5.41, 5.74) is 2.30. The van der Waals surface area contributed by atoms with Crippen molar-refractivity contribution in [1.82, 2.24) is 10.2 Å². The summed E-state index contributed by atoms with van der Waals surface area (Å²) in [6.07, 6.45) is 2.24. The van der Waals surface area contributed by atoms with E-state index >= 15 is 0 Å². The van der Waals surface area contributed by atoms with E-state index in [2.05, 4.69) is 18.3 Å². The quantitative estimate of drug-likeness (QED) is 0.921. The number of ether oxygens (including phenoxy) is 1. The topological polar surface area (TPSA) is 41.6 Å². The molecule has 0 spiro atoms. The minimum atomic E-state index is 0. The highest BCUT2D eigenvalue weighted by Gasteiger charge is 2.31. The third-order valence-corrected chi connectivity index (χ3v) is 5.05. The van der Waals surface area contributed by atoms with Crippen molar-refractivity contribution >= 4 is 18.3 Å². The van der Waals surface area contributed by atoms with Crippen LogP contribution in [0.2, 0.25) is 0 Å². The lowest BCUT2D eigenvalue weighted by atomic mass is 9.92. The number of nitrogens with zero attached hydrogens (tertiary/aromatic N) is 1. The van der Waals surface area contributed by atoms with E-state index in [1.165, 1.54) is 5.56 Å². The molecule has 0 bridgehead atoms. The summed E-state index contributed by atoms with van der Waals surface area (Å²) in [6, 6.07) is 6.06. The van der Waals surface area contributed by atoms with E-state index in [0.717, 1.165) is 62.2 Å². The molecule has 5 heteroatoms. The Morgan fingerprint density at radius 2 is 1.87 bits per heavy atom. The monoisotopic (exact) mass is 338 g/mol. The molecule has 128 valence electrons. The zero-order chi connectivity index (χ0) is 15.5. The lowest BCUT2D eigenvalue weighted by Crippen LogP contribution is -2.36. The van der Waals surface area contributed by atoms with Crippen LogP contribution >= 0.6 is 12.4 Å². The minimum Gasteiger partial charge on any atom is -0.484 e. The van der Waals surface area contributed by atoms with Crippen LogP contribution in [0.25, 0.3) is 0 Å². The molecule has 2 saturated heterocycles. The Bertz CT molecular complexity index is 536. The van der Waals surface area contributed by atoms with Crippen molar-refractivity contribution in [3.63, 3.8) is 0 Å². The Morgan fingerprint density at radius 3 is 2.48 bits per heavy atom. The van der Waals surface area contributed by atoms with Gasteiger partial charge in [0.2, 0.25) is 0 Å². The predicted molar refractivity (Wildman–Crippen MR) is 94.3 cm³/mol. The Labute approximate surface area is 145 Å². The van der Waals surface area contributed by atoms with Gasteiger partial charge < -0.3 is 15.0 Å². The van der Waals surface area contributed by atoms with Gasteiger partial charge in [0.1, 0.15) is 5.75 Å². The Hall–Kier alpha value is -1.26. The lowest BCUT2D eigenvalue weighted by Gasteiger charge is -2.21. The van der Waals surface area contributed by atoms with Crippen LogP contribution in [0.1, 0.15) is 24.0 Å². The van der Waals surface area contributed by atoms with Gasteiger partial charge in [0, 0.05) is 13.1 Å². The van der Waals surface area contributed by atoms with E-state index in [0.29, 0.717) is 0 Å². The predicted octanol–water partition coefficient (Wildman–Crippen LogP) is 2.56. The molecule has 0 saturated carbocycles. The van der Waals surface area contributed by atoms with Gasteiger partial charge in [0.25, 0.3) is 5.91 Å². The molecule has 2 aliphatic heterocycles. The van der Waals surface area contributed by atoms with Crippen molar-refractivity contribution in [1.29, 1.82) is 0 Å². The van der Waals surface area contributed by atoms with Crippen LogP contribution in [-0.4, -0.2) is 43.6 Å². The maximum absolute atomic E-state index is 12.4. The van der Waals surface area contributed by atoms with E-state index in [1.54, 1.807) is 0 Å². The molecule has 3 rings (SSSR count). The first kappa shape index (κ1) is 18.1. The molecule has 23 heavy (non-hydrogen) atoms. The molecule has 2 aliphatic rings. The molecule has 0 aromatic heterocycles. The normalized spacial score (nSPS) is 23.7.